The molecule has 0 saturated heterocycles. The third-order valence-corrected chi connectivity index (χ3v) is 3.25. The predicted octanol–water partition coefficient (Wildman–Crippen LogP) is 3.58. The van der Waals surface area contributed by atoms with Crippen molar-refractivity contribution in [2.45, 2.75) is 6.04 Å². The number of nitrogens with one attached hydrogen (secondary N) is 2. The van der Waals surface area contributed by atoms with Gasteiger partial charge in [0.2, 0.25) is 0 Å². The molecule has 2 aromatic carbocycles. The minimum absolute atomic E-state index is 0.199. The fraction of sp³-hybridized carbons (Fsp3) is 0.0714. The lowest BCUT2D eigenvalue weighted by Gasteiger charge is -2.13. The van der Waals surface area contributed by atoms with Gasteiger partial charge in [-0.2, -0.15) is 0 Å². The van der Waals surface area contributed by atoms with E-state index in [0.717, 1.165) is 5.69 Å². The molecule has 0 saturated carbocycles. The first-order chi connectivity index (χ1) is 9.13. The lowest BCUT2D eigenvalue weighted by atomic mass is 10.1. The topological polar surface area (TPSA) is 41.1 Å². The molecule has 0 aliphatic carbocycles. The van der Waals surface area contributed by atoms with E-state index in [-0.39, 0.29) is 11.7 Å². The number of amides is 1. The van der Waals surface area contributed by atoms with Gasteiger partial charge < -0.3 is 10.6 Å². The number of carbonyl (C=O) groups is 1. The minimum Gasteiger partial charge on any atom is -0.370 e. The SMILES string of the molecule is O=C1Nc2ccc(F)cc2C1Nc1ccc(Cl)cc1. The molecule has 19 heavy (non-hydrogen) atoms. The Hall–Kier alpha value is -2.07. The monoisotopic (exact) mass is 276 g/mol. The molecule has 1 heterocycles. The number of halogens is 2. The lowest BCUT2D eigenvalue weighted by molar-refractivity contribution is -0.116. The maximum absolute atomic E-state index is 13.3. The molecule has 1 aliphatic rings. The van der Waals surface area contributed by atoms with E-state index >= 15 is 0 Å². The summed E-state index contributed by atoms with van der Waals surface area (Å²) in [6.07, 6.45) is 0. The van der Waals surface area contributed by atoms with E-state index in [4.69, 9.17) is 11.6 Å². The van der Waals surface area contributed by atoms with Gasteiger partial charge in [-0.3, -0.25) is 4.79 Å². The van der Waals surface area contributed by atoms with E-state index in [0.29, 0.717) is 16.3 Å². The summed E-state index contributed by atoms with van der Waals surface area (Å²) < 4.78 is 13.3. The number of fused-ring (bicyclic) bond motifs is 1. The first kappa shape index (κ1) is 12.0. The zero-order valence-electron chi connectivity index (χ0n) is 9.78. The van der Waals surface area contributed by atoms with E-state index in [9.17, 15) is 9.18 Å². The van der Waals surface area contributed by atoms with Gasteiger partial charge in [0, 0.05) is 22.0 Å². The van der Waals surface area contributed by atoms with E-state index in [1.807, 2.05) is 0 Å². The molecule has 5 heteroatoms. The summed E-state index contributed by atoms with van der Waals surface area (Å²) >= 11 is 5.80. The van der Waals surface area contributed by atoms with Gasteiger partial charge in [0.25, 0.3) is 5.91 Å². The lowest BCUT2D eigenvalue weighted by Crippen LogP contribution is -2.19. The molecule has 0 fully saturated rings. The van der Waals surface area contributed by atoms with Crippen molar-refractivity contribution in [2.75, 3.05) is 10.6 Å². The van der Waals surface area contributed by atoms with Crippen LogP contribution in [0.15, 0.2) is 42.5 Å². The van der Waals surface area contributed by atoms with E-state index in [2.05, 4.69) is 10.6 Å². The fourth-order valence-corrected chi connectivity index (χ4v) is 2.21. The summed E-state index contributed by atoms with van der Waals surface area (Å²) in [4.78, 5) is 11.9. The predicted molar refractivity (Wildman–Crippen MR) is 72.8 cm³/mol. The van der Waals surface area contributed by atoms with Gasteiger partial charge in [0.1, 0.15) is 11.9 Å². The Balaban J connectivity index is 1.91. The van der Waals surface area contributed by atoms with Crippen LogP contribution in [0.4, 0.5) is 15.8 Å². The number of rotatable bonds is 2. The second-order valence-electron chi connectivity index (χ2n) is 4.31. The molecule has 3 nitrogen and oxygen atoms in total. The Labute approximate surface area is 114 Å². The van der Waals surface area contributed by atoms with Crippen molar-refractivity contribution >= 4 is 28.9 Å². The highest BCUT2D eigenvalue weighted by atomic mass is 35.5. The van der Waals surface area contributed by atoms with Gasteiger partial charge in [-0.05, 0) is 42.5 Å². The van der Waals surface area contributed by atoms with Crippen molar-refractivity contribution in [1.29, 1.82) is 0 Å². The van der Waals surface area contributed by atoms with Crippen LogP contribution < -0.4 is 10.6 Å². The minimum atomic E-state index is -0.591. The van der Waals surface area contributed by atoms with Crippen molar-refractivity contribution in [3.05, 3.63) is 58.9 Å². The zero-order chi connectivity index (χ0) is 13.4. The molecule has 3 rings (SSSR count). The number of hydrogen-bond donors (Lipinski definition) is 2. The quantitative estimate of drug-likeness (QED) is 0.880. The first-order valence-corrected chi connectivity index (χ1v) is 6.14. The van der Waals surface area contributed by atoms with Crippen molar-refractivity contribution in [3.63, 3.8) is 0 Å². The van der Waals surface area contributed by atoms with E-state index < -0.39 is 6.04 Å². The fourth-order valence-electron chi connectivity index (χ4n) is 2.09. The van der Waals surface area contributed by atoms with Gasteiger partial charge in [0.15, 0.2) is 0 Å². The van der Waals surface area contributed by atoms with Crippen LogP contribution in [0.2, 0.25) is 5.02 Å². The normalized spacial score (nSPS) is 16.9. The molecule has 0 bridgehead atoms. The van der Waals surface area contributed by atoms with Crippen LogP contribution >= 0.6 is 11.6 Å². The van der Waals surface area contributed by atoms with Crippen molar-refractivity contribution in [3.8, 4) is 0 Å². The third kappa shape index (κ3) is 2.27. The van der Waals surface area contributed by atoms with Crippen LogP contribution in [0, 0.1) is 5.82 Å². The van der Waals surface area contributed by atoms with Crippen LogP contribution in [-0.4, -0.2) is 5.91 Å². The number of hydrogen-bond acceptors (Lipinski definition) is 2. The van der Waals surface area contributed by atoms with Crippen LogP contribution in [0.1, 0.15) is 11.6 Å². The largest absolute Gasteiger partial charge is 0.370 e. The second kappa shape index (κ2) is 4.55. The summed E-state index contributed by atoms with van der Waals surface area (Å²) in [5, 5.41) is 6.39. The van der Waals surface area contributed by atoms with Gasteiger partial charge >= 0.3 is 0 Å². The van der Waals surface area contributed by atoms with Gasteiger partial charge in [-0.1, -0.05) is 11.6 Å². The molecule has 0 radical (unpaired) electrons. The maximum Gasteiger partial charge on any atom is 0.251 e. The molecule has 1 aliphatic heterocycles. The molecule has 2 aromatic rings. The Bertz CT molecular complexity index is 642. The highest BCUT2D eigenvalue weighted by Crippen LogP contribution is 2.33. The summed E-state index contributed by atoms with van der Waals surface area (Å²) in [5.41, 5.74) is 2.00. The summed E-state index contributed by atoms with van der Waals surface area (Å²) in [5.74, 6) is -0.561. The molecule has 1 amide bonds. The molecule has 1 atom stereocenters. The molecular weight excluding hydrogens is 267 g/mol. The van der Waals surface area contributed by atoms with Crippen LogP contribution in [0.3, 0.4) is 0 Å². The maximum atomic E-state index is 13.3. The average molecular weight is 277 g/mol. The van der Waals surface area contributed by atoms with E-state index in [1.165, 1.54) is 12.1 Å². The van der Waals surface area contributed by atoms with Crippen LogP contribution in [0.25, 0.3) is 0 Å². The van der Waals surface area contributed by atoms with Crippen molar-refractivity contribution in [2.24, 2.45) is 0 Å². The Morgan fingerprint density at radius 3 is 2.63 bits per heavy atom. The average Bonchev–Trinajstić information content (AvgIpc) is 2.69. The zero-order valence-corrected chi connectivity index (χ0v) is 10.5. The van der Waals surface area contributed by atoms with Crippen LogP contribution in [0.5, 0.6) is 0 Å². The molecule has 0 spiro atoms. The van der Waals surface area contributed by atoms with Crippen molar-refractivity contribution in [1.82, 2.24) is 0 Å². The Kier molecular flexibility index (Phi) is 2.87. The smallest absolute Gasteiger partial charge is 0.251 e. The number of carbonyl (C=O) groups excluding carboxylic acids is 1. The highest BCUT2D eigenvalue weighted by Gasteiger charge is 2.30. The van der Waals surface area contributed by atoms with Gasteiger partial charge in [0.05, 0.1) is 0 Å². The standard InChI is InChI=1S/C14H10ClFN2O/c15-8-1-4-10(5-2-8)17-13-11-7-9(16)3-6-12(11)18-14(13)19/h1-7,13,17H,(H,18,19). The number of benzene rings is 2. The van der Waals surface area contributed by atoms with Crippen LogP contribution in [-0.2, 0) is 4.79 Å². The van der Waals surface area contributed by atoms with Gasteiger partial charge in [-0.15, -0.1) is 0 Å². The summed E-state index contributed by atoms with van der Waals surface area (Å²) in [6.45, 7) is 0. The first-order valence-electron chi connectivity index (χ1n) is 5.76. The number of anilines is 2. The Morgan fingerprint density at radius 2 is 1.89 bits per heavy atom. The van der Waals surface area contributed by atoms with E-state index in [1.54, 1.807) is 30.3 Å². The second-order valence-corrected chi connectivity index (χ2v) is 4.74. The molecule has 96 valence electrons. The van der Waals surface area contributed by atoms with Crippen molar-refractivity contribution < 1.29 is 9.18 Å². The summed E-state index contributed by atoms with van der Waals surface area (Å²) in [7, 11) is 0. The molecule has 0 aromatic heterocycles. The molecule has 2 N–H and O–H groups in total. The Morgan fingerprint density at radius 1 is 1.16 bits per heavy atom. The molecular formula is C14H10ClFN2O. The summed E-state index contributed by atoms with van der Waals surface area (Å²) in [6, 6.07) is 10.6. The third-order valence-electron chi connectivity index (χ3n) is 3.00. The molecule has 1 unspecified atom stereocenters. The highest BCUT2D eigenvalue weighted by molar-refractivity contribution is 6.30. The van der Waals surface area contributed by atoms with Gasteiger partial charge in [-0.25, -0.2) is 4.39 Å².